The quantitative estimate of drug-likeness (QED) is 0.671. The number of likely N-dealkylation sites (N-methyl/N-ethyl adjacent to an activating group) is 1. The van der Waals surface area contributed by atoms with E-state index in [2.05, 4.69) is 0 Å². The van der Waals surface area contributed by atoms with Gasteiger partial charge < -0.3 is 19.5 Å². The number of amides is 2. The van der Waals surface area contributed by atoms with E-state index in [4.69, 9.17) is 9.47 Å². The first kappa shape index (κ1) is 19.8. The fourth-order valence-corrected chi connectivity index (χ4v) is 2.95. The lowest BCUT2D eigenvalue weighted by molar-refractivity contribution is -0.137. The normalized spacial score (nSPS) is 14.3. The molecule has 0 aliphatic carbocycles. The third-order valence-corrected chi connectivity index (χ3v) is 4.37. The van der Waals surface area contributed by atoms with E-state index in [9.17, 15) is 14.7 Å². The zero-order valence-corrected chi connectivity index (χ0v) is 15.7. The molecule has 0 aromatic heterocycles. The smallest absolute Gasteiger partial charge is 0.277 e. The lowest BCUT2D eigenvalue weighted by Crippen LogP contribution is -2.35. The number of hydrogen-bond acceptors (Lipinski definition) is 6. The third kappa shape index (κ3) is 3.67. The molecule has 26 heavy (non-hydrogen) atoms. The van der Waals surface area contributed by atoms with Crippen LogP contribution < -0.4 is 9.47 Å². The number of nitrogens with zero attached hydrogens (tertiary/aromatic N) is 2. The van der Waals surface area contributed by atoms with Crippen molar-refractivity contribution < 1.29 is 24.2 Å². The van der Waals surface area contributed by atoms with Crippen LogP contribution in [0.5, 0.6) is 11.5 Å². The van der Waals surface area contributed by atoms with Crippen LogP contribution in [0, 0.1) is 0 Å². The molecule has 7 heteroatoms. The topological polar surface area (TPSA) is 79.3 Å². The van der Waals surface area contributed by atoms with Crippen molar-refractivity contribution in [1.29, 1.82) is 0 Å². The van der Waals surface area contributed by atoms with E-state index in [1.54, 1.807) is 30.1 Å². The van der Waals surface area contributed by atoms with Crippen molar-refractivity contribution in [3.05, 3.63) is 29.5 Å². The van der Waals surface area contributed by atoms with Crippen LogP contribution in [-0.2, 0) is 9.59 Å². The molecular formula is C19H26N2O5. The van der Waals surface area contributed by atoms with Crippen LogP contribution in [0.4, 0.5) is 0 Å². The number of ether oxygens (including phenoxy) is 2. The van der Waals surface area contributed by atoms with Gasteiger partial charge in [0.05, 0.1) is 26.4 Å². The second-order valence-corrected chi connectivity index (χ2v) is 6.05. The molecule has 1 aliphatic heterocycles. The molecule has 0 saturated heterocycles. The maximum Gasteiger partial charge on any atom is 0.277 e. The molecule has 1 aromatic carbocycles. The molecule has 2 rings (SSSR count). The zero-order chi connectivity index (χ0) is 19.3. The summed E-state index contributed by atoms with van der Waals surface area (Å²) >= 11 is 0. The fourth-order valence-electron chi connectivity index (χ4n) is 2.95. The van der Waals surface area contributed by atoms with Gasteiger partial charge in [-0.2, -0.15) is 0 Å². The Hall–Kier alpha value is -2.54. The Morgan fingerprint density at radius 1 is 1.12 bits per heavy atom. The van der Waals surface area contributed by atoms with Crippen molar-refractivity contribution in [3.8, 4) is 11.5 Å². The molecule has 0 atom stereocenters. The average molecular weight is 362 g/mol. The Bertz CT molecular complexity index is 714. The highest BCUT2D eigenvalue weighted by molar-refractivity contribution is 6.35. The molecule has 2 amide bonds. The molecule has 1 aliphatic rings. The van der Waals surface area contributed by atoms with Crippen LogP contribution in [-0.4, -0.2) is 67.7 Å². The summed E-state index contributed by atoms with van der Waals surface area (Å²) in [6.45, 7) is 2.52. The highest BCUT2D eigenvalue weighted by Crippen LogP contribution is 2.36. The number of rotatable bonds is 9. The van der Waals surface area contributed by atoms with Gasteiger partial charge in [-0.15, -0.1) is 0 Å². The molecule has 0 unspecified atom stereocenters. The van der Waals surface area contributed by atoms with E-state index >= 15 is 0 Å². The van der Waals surface area contributed by atoms with Gasteiger partial charge in [-0.1, -0.05) is 19.4 Å². The van der Waals surface area contributed by atoms with Crippen LogP contribution in [0.2, 0.25) is 0 Å². The Balaban J connectivity index is 2.54. The second kappa shape index (κ2) is 8.71. The summed E-state index contributed by atoms with van der Waals surface area (Å²) in [5.74, 6) is 0.371. The molecule has 1 aromatic rings. The Kier molecular flexibility index (Phi) is 6.63. The van der Waals surface area contributed by atoms with Crippen molar-refractivity contribution in [2.24, 2.45) is 0 Å². The molecule has 0 bridgehead atoms. The van der Waals surface area contributed by atoms with E-state index in [0.29, 0.717) is 34.9 Å². The monoisotopic (exact) mass is 362 g/mol. The van der Waals surface area contributed by atoms with Crippen LogP contribution in [0.3, 0.4) is 0 Å². The van der Waals surface area contributed by atoms with Gasteiger partial charge in [-0.3, -0.25) is 14.5 Å². The Morgan fingerprint density at radius 3 is 2.38 bits per heavy atom. The summed E-state index contributed by atoms with van der Waals surface area (Å²) < 4.78 is 10.6. The van der Waals surface area contributed by atoms with Gasteiger partial charge in [0.15, 0.2) is 11.5 Å². The summed E-state index contributed by atoms with van der Waals surface area (Å²) in [6, 6.07) is 5.13. The predicted octanol–water partition coefficient (Wildman–Crippen LogP) is 1.51. The van der Waals surface area contributed by atoms with Gasteiger partial charge in [0, 0.05) is 20.1 Å². The van der Waals surface area contributed by atoms with Crippen LogP contribution >= 0.6 is 0 Å². The predicted molar refractivity (Wildman–Crippen MR) is 97.8 cm³/mol. The van der Waals surface area contributed by atoms with Crippen LogP contribution in [0.1, 0.15) is 25.3 Å². The minimum atomic E-state index is -0.329. The van der Waals surface area contributed by atoms with E-state index in [0.717, 1.165) is 12.8 Å². The minimum Gasteiger partial charge on any atom is -0.493 e. The van der Waals surface area contributed by atoms with E-state index in [-0.39, 0.29) is 25.0 Å². The van der Waals surface area contributed by atoms with Gasteiger partial charge >= 0.3 is 0 Å². The lowest BCUT2D eigenvalue weighted by Gasteiger charge is -2.20. The standard InChI is InChI=1S/C19H26N2O5/c1-5-6-9-21-18(23)16(17(19(21)24)20(2)10-11-22)13-7-8-14(25-3)15(12-13)26-4/h7-8,12,22H,5-6,9-11H2,1-4H3. The number of carbonyl (C=O) groups excluding carboxylic acids is 2. The number of methoxy groups -OCH3 is 2. The number of aliphatic hydroxyl groups excluding tert-OH is 1. The van der Waals surface area contributed by atoms with Gasteiger partial charge in [0.25, 0.3) is 11.8 Å². The average Bonchev–Trinajstić information content (AvgIpc) is 2.89. The molecule has 142 valence electrons. The van der Waals surface area contributed by atoms with E-state index in [1.165, 1.54) is 19.1 Å². The van der Waals surface area contributed by atoms with Crippen molar-refractivity contribution in [2.45, 2.75) is 19.8 Å². The zero-order valence-electron chi connectivity index (χ0n) is 15.7. The molecule has 0 spiro atoms. The molecule has 7 nitrogen and oxygen atoms in total. The van der Waals surface area contributed by atoms with Crippen molar-refractivity contribution in [1.82, 2.24) is 9.80 Å². The fraction of sp³-hybridized carbons (Fsp3) is 0.474. The highest BCUT2D eigenvalue weighted by atomic mass is 16.5. The molecule has 1 N–H and O–H groups in total. The van der Waals surface area contributed by atoms with Crippen LogP contribution in [0.15, 0.2) is 23.9 Å². The number of benzene rings is 1. The highest BCUT2D eigenvalue weighted by Gasteiger charge is 2.40. The minimum absolute atomic E-state index is 0.115. The van der Waals surface area contributed by atoms with Crippen molar-refractivity contribution in [2.75, 3.05) is 41.0 Å². The van der Waals surface area contributed by atoms with Crippen molar-refractivity contribution in [3.63, 3.8) is 0 Å². The van der Waals surface area contributed by atoms with Crippen LogP contribution in [0.25, 0.3) is 5.57 Å². The maximum atomic E-state index is 13.0. The Morgan fingerprint density at radius 2 is 1.81 bits per heavy atom. The molecule has 1 heterocycles. The number of aliphatic hydroxyl groups is 1. The Labute approximate surface area is 153 Å². The maximum absolute atomic E-state index is 13.0. The van der Waals surface area contributed by atoms with Gasteiger partial charge in [-0.05, 0) is 24.1 Å². The largest absolute Gasteiger partial charge is 0.493 e. The summed E-state index contributed by atoms with van der Waals surface area (Å²) in [5.41, 5.74) is 1.20. The van der Waals surface area contributed by atoms with E-state index in [1.807, 2.05) is 6.92 Å². The number of imide groups is 1. The molecule has 0 fully saturated rings. The number of hydrogen-bond donors (Lipinski definition) is 1. The lowest BCUT2D eigenvalue weighted by atomic mass is 10.0. The first-order valence-corrected chi connectivity index (χ1v) is 8.64. The summed E-state index contributed by atoms with van der Waals surface area (Å²) in [5, 5.41) is 9.25. The van der Waals surface area contributed by atoms with Gasteiger partial charge in [-0.25, -0.2) is 0 Å². The number of unbranched alkanes of at least 4 members (excludes halogenated alkanes) is 1. The first-order chi connectivity index (χ1) is 12.5. The molecule has 0 radical (unpaired) electrons. The molecule has 0 saturated carbocycles. The summed E-state index contributed by atoms with van der Waals surface area (Å²) in [7, 11) is 4.75. The van der Waals surface area contributed by atoms with Gasteiger partial charge in [0.1, 0.15) is 5.70 Å². The first-order valence-electron chi connectivity index (χ1n) is 8.64. The molecular weight excluding hydrogens is 336 g/mol. The second-order valence-electron chi connectivity index (χ2n) is 6.05. The van der Waals surface area contributed by atoms with Crippen molar-refractivity contribution >= 4 is 17.4 Å². The SMILES string of the molecule is CCCCN1C(=O)C(c2ccc(OC)c(OC)c2)=C(N(C)CCO)C1=O. The van der Waals surface area contributed by atoms with E-state index < -0.39 is 0 Å². The number of carbonyl (C=O) groups is 2. The summed E-state index contributed by atoms with van der Waals surface area (Å²) in [6.07, 6.45) is 1.62. The third-order valence-electron chi connectivity index (χ3n) is 4.37. The summed E-state index contributed by atoms with van der Waals surface area (Å²) in [4.78, 5) is 28.7. The van der Waals surface area contributed by atoms with Gasteiger partial charge in [0.2, 0.25) is 0 Å².